The molecule has 4 rings (SSSR count). The maximum Gasteiger partial charge on any atom is 0.273 e. The van der Waals surface area contributed by atoms with Crippen molar-refractivity contribution in [3.8, 4) is 17.0 Å². The minimum absolute atomic E-state index is 0.0886. The molecule has 0 spiro atoms. The molecule has 1 atom stereocenters. The van der Waals surface area contributed by atoms with Crippen molar-refractivity contribution in [2.75, 3.05) is 20.3 Å². The Morgan fingerprint density at radius 3 is 2.74 bits per heavy atom. The van der Waals surface area contributed by atoms with Crippen LogP contribution < -0.4 is 0 Å². The molecule has 0 saturated carbocycles. The quantitative estimate of drug-likeness (QED) is 0.656. The van der Waals surface area contributed by atoms with Gasteiger partial charge in [-0.2, -0.15) is 5.10 Å². The molecular formula is C20H20N4O3. The summed E-state index contributed by atoms with van der Waals surface area (Å²) >= 11 is 0. The number of fused-ring (bicyclic) bond motifs is 1. The second kappa shape index (κ2) is 7.20. The molecule has 0 bridgehead atoms. The molecule has 2 N–H and O–H groups in total. The van der Waals surface area contributed by atoms with Crippen LogP contribution in [-0.4, -0.2) is 51.4 Å². The Hall–Kier alpha value is -3.19. The van der Waals surface area contributed by atoms with E-state index in [2.05, 4.69) is 15.2 Å². The molecule has 1 aliphatic heterocycles. The van der Waals surface area contributed by atoms with Crippen LogP contribution in [0.5, 0.6) is 5.75 Å². The zero-order valence-corrected chi connectivity index (χ0v) is 14.9. The lowest BCUT2D eigenvalue weighted by Gasteiger charge is -2.25. The monoisotopic (exact) mass is 364 g/mol. The number of aromatic amines is 1. The molecule has 3 aromatic rings. The van der Waals surface area contributed by atoms with Crippen LogP contribution in [0, 0.1) is 0 Å². The molecule has 2 aromatic heterocycles. The summed E-state index contributed by atoms with van der Waals surface area (Å²) < 4.78 is 5.14. The summed E-state index contributed by atoms with van der Waals surface area (Å²) in [5.74, 6) is 0.0961. The first-order valence-corrected chi connectivity index (χ1v) is 8.79. The first-order valence-electron chi connectivity index (χ1n) is 8.79. The van der Waals surface area contributed by atoms with E-state index >= 15 is 0 Å². The number of hydrogen-bond donors (Lipinski definition) is 2. The number of carbonyl (C=O) groups excluding carboxylic acids is 1. The van der Waals surface area contributed by atoms with E-state index in [1.165, 1.54) is 0 Å². The molecule has 0 fully saturated rings. The van der Waals surface area contributed by atoms with Crippen LogP contribution in [0.25, 0.3) is 11.3 Å². The SMILES string of the molecule is COCCCN1C(=O)c2[nH]nc(-c3ccc(O)cc3)c2C1c1ccccn1. The minimum Gasteiger partial charge on any atom is -0.508 e. The van der Waals surface area contributed by atoms with Gasteiger partial charge in [-0.3, -0.25) is 14.9 Å². The Bertz CT molecular complexity index is 938. The molecule has 1 amide bonds. The van der Waals surface area contributed by atoms with Crippen LogP contribution in [0.4, 0.5) is 0 Å². The van der Waals surface area contributed by atoms with Crippen LogP contribution in [0.2, 0.25) is 0 Å². The highest BCUT2D eigenvalue weighted by Gasteiger charge is 2.42. The number of rotatable bonds is 6. The summed E-state index contributed by atoms with van der Waals surface area (Å²) in [5, 5.41) is 16.9. The van der Waals surface area contributed by atoms with E-state index < -0.39 is 0 Å². The van der Waals surface area contributed by atoms with Crippen molar-refractivity contribution in [2.45, 2.75) is 12.5 Å². The maximum absolute atomic E-state index is 13.0. The fraction of sp³-hybridized carbons (Fsp3) is 0.250. The summed E-state index contributed by atoms with van der Waals surface area (Å²) in [6.45, 7) is 1.14. The van der Waals surface area contributed by atoms with Crippen molar-refractivity contribution in [1.82, 2.24) is 20.1 Å². The van der Waals surface area contributed by atoms with Gasteiger partial charge >= 0.3 is 0 Å². The van der Waals surface area contributed by atoms with Gasteiger partial charge in [-0.05, 0) is 42.8 Å². The standard InChI is InChI=1S/C20H20N4O3/c1-27-12-4-11-24-19(15-5-2-3-10-21-15)16-17(22-23-18(16)20(24)26)13-6-8-14(25)9-7-13/h2-3,5-10,19,25H,4,11-12H2,1H3,(H,22,23). The molecule has 3 heterocycles. The predicted octanol–water partition coefficient (Wildman–Crippen LogP) is 2.76. The zero-order valence-electron chi connectivity index (χ0n) is 14.9. The normalized spacial score (nSPS) is 16.0. The largest absolute Gasteiger partial charge is 0.508 e. The van der Waals surface area contributed by atoms with E-state index in [1.807, 2.05) is 23.1 Å². The minimum atomic E-state index is -0.312. The lowest BCUT2D eigenvalue weighted by Crippen LogP contribution is -2.31. The van der Waals surface area contributed by atoms with Gasteiger partial charge in [0.25, 0.3) is 5.91 Å². The number of hydrogen-bond acceptors (Lipinski definition) is 5. The summed E-state index contributed by atoms with van der Waals surface area (Å²) in [4.78, 5) is 19.3. The van der Waals surface area contributed by atoms with Crippen molar-refractivity contribution >= 4 is 5.91 Å². The van der Waals surface area contributed by atoms with E-state index in [0.29, 0.717) is 24.5 Å². The van der Waals surface area contributed by atoms with Gasteiger partial charge in [-0.15, -0.1) is 0 Å². The number of phenols is 1. The summed E-state index contributed by atoms with van der Waals surface area (Å²) in [7, 11) is 1.65. The third-order valence-electron chi connectivity index (χ3n) is 4.72. The first-order chi connectivity index (χ1) is 13.2. The smallest absolute Gasteiger partial charge is 0.273 e. The van der Waals surface area contributed by atoms with Gasteiger partial charge in [-0.1, -0.05) is 6.07 Å². The molecule has 0 aliphatic carbocycles. The fourth-order valence-electron chi connectivity index (χ4n) is 3.49. The number of amides is 1. The summed E-state index contributed by atoms with van der Waals surface area (Å²) in [5.41, 5.74) is 3.64. The van der Waals surface area contributed by atoms with Crippen LogP contribution in [0.1, 0.15) is 34.2 Å². The van der Waals surface area contributed by atoms with Gasteiger partial charge in [0.1, 0.15) is 17.5 Å². The number of nitrogens with zero attached hydrogens (tertiary/aromatic N) is 3. The molecule has 0 saturated heterocycles. The number of nitrogens with one attached hydrogen (secondary N) is 1. The van der Waals surface area contributed by atoms with Crippen LogP contribution >= 0.6 is 0 Å². The van der Waals surface area contributed by atoms with Crippen molar-refractivity contribution in [3.05, 3.63) is 65.6 Å². The molecular weight excluding hydrogens is 344 g/mol. The van der Waals surface area contributed by atoms with E-state index in [9.17, 15) is 9.90 Å². The number of H-pyrrole nitrogens is 1. The van der Waals surface area contributed by atoms with Gasteiger partial charge in [0.15, 0.2) is 0 Å². The highest BCUT2D eigenvalue weighted by atomic mass is 16.5. The third-order valence-corrected chi connectivity index (χ3v) is 4.72. The lowest BCUT2D eigenvalue weighted by atomic mass is 9.99. The number of aromatic hydroxyl groups is 1. The number of carbonyl (C=O) groups is 1. The number of benzene rings is 1. The number of methoxy groups -OCH3 is 1. The number of phenolic OH excluding ortho intramolecular Hbond substituents is 1. The zero-order chi connectivity index (χ0) is 18.8. The molecule has 1 aromatic carbocycles. The average Bonchev–Trinajstić information content (AvgIpc) is 3.23. The highest BCUT2D eigenvalue weighted by Crippen LogP contribution is 2.42. The second-order valence-corrected chi connectivity index (χ2v) is 6.41. The average molecular weight is 364 g/mol. The van der Waals surface area contributed by atoms with Gasteiger partial charge < -0.3 is 14.7 Å². The van der Waals surface area contributed by atoms with Crippen molar-refractivity contribution in [3.63, 3.8) is 0 Å². The van der Waals surface area contributed by atoms with E-state index in [-0.39, 0.29) is 17.7 Å². The van der Waals surface area contributed by atoms with Crippen LogP contribution in [0.15, 0.2) is 48.7 Å². The number of ether oxygens (including phenoxy) is 1. The first kappa shape index (κ1) is 17.2. The molecule has 7 nitrogen and oxygen atoms in total. The van der Waals surface area contributed by atoms with Crippen LogP contribution in [0.3, 0.4) is 0 Å². The Balaban J connectivity index is 1.80. The van der Waals surface area contributed by atoms with Gasteiger partial charge in [-0.25, -0.2) is 0 Å². The Labute approximate surface area is 156 Å². The van der Waals surface area contributed by atoms with Gasteiger partial charge in [0.05, 0.1) is 11.4 Å². The highest BCUT2D eigenvalue weighted by molar-refractivity contribution is 6.00. The second-order valence-electron chi connectivity index (χ2n) is 6.41. The number of aromatic nitrogens is 3. The Morgan fingerprint density at radius 1 is 1.22 bits per heavy atom. The molecule has 1 aliphatic rings. The van der Waals surface area contributed by atoms with E-state index in [4.69, 9.17) is 4.74 Å². The van der Waals surface area contributed by atoms with Crippen LogP contribution in [-0.2, 0) is 4.74 Å². The Morgan fingerprint density at radius 2 is 2.04 bits per heavy atom. The maximum atomic E-state index is 13.0. The van der Waals surface area contributed by atoms with E-state index in [1.54, 1.807) is 37.6 Å². The molecule has 1 unspecified atom stereocenters. The Kier molecular flexibility index (Phi) is 4.60. The fourth-order valence-corrected chi connectivity index (χ4v) is 3.49. The topological polar surface area (TPSA) is 91.3 Å². The molecule has 27 heavy (non-hydrogen) atoms. The summed E-state index contributed by atoms with van der Waals surface area (Å²) in [6.07, 6.45) is 2.46. The lowest BCUT2D eigenvalue weighted by molar-refractivity contribution is 0.0720. The molecule has 0 radical (unpaired) electrons. The van der Waals surface area contributed by atoms with Crippen molar-refractivity contribution in [1.29, 1.82) is 0 Å². The van der Waals surface area contributed by atoms with Crippen molar-refractivity contribution in [2.24, 2.45) is 0 Å². The van der Waals surface area contributed by atoms with Gasteiger partial charge in [0.2, 0.25) is 0 Å². The predicted molar refractivity (Wildman–Crippen MR) is 99.3 cm³/mol. The molecule has 7 heteroatoms. The third kappa shape index (κ3) is 3.06. The van der Waals surface area contributed by atoms with Gasteiger partial charge in [0, 0.05) is 37.6 Å². The van der Waals surface area contributed by atoms with Crippen molar-refractivity contribution < 1.29 is 14.6 Å². The molecule has 138 valence electrons. The number of pyridine rings is 1. The summed E-state index contributed by atoms with van der Waals surface area (Å²) in [6, 6.07) is 12.2. The van der Waals surface area contributed by atoms with E-state index in [0.717, 1.165) is 23.2 Å².